The second kappa shape index (κ2) is 5.52. The van der Waals surface area contributed by atoms with Crippen LogP contribution in [0.5, 0.6) is 0 Å². The summed E-state index contributed by atoms with van der Waals surface area (Å²) in [6.45, 7) is 7.37. The molecular weight excluding hydrogens is 255 g/mol. The lowest BCUT2D eigenvalue weighted by molar-refractivity contribution is 0.0965. The van der Waals surface area contributed by atoms with Crippen LogP contribution < -0.4 is 5.32 Å². The van der Waals surface area contributed by atoms with Crippen LogP contribution in [-0.2, 0) is 18.8 Å². The summed E-state index contributed by atoms with van der Waals surface area (Å²) in [5, 5.41) is 2.78. The molecule has 1 aromatic rings. The van der Waals surface area contributed by atoms with E-state index >= 15 is 0 Å². The van der Waals surface area contributed by atoms with Gasteiger partial charge in [-0.1, -0.05) is 13.0 Å². The third-order valence-electron chi connectivity index (χ3n) is 3.68. The highest BCUT2D eigenvalue weighted by Gasteiger charge is 2.30. The van der Waals surface area contributed by atoms with Crippen molar-refractivity contribution in [2.45, 2.75) is 46.0 Å². The van der Waals surface area contributed by atoms with Gasteiger partial charge in [-0.2, -0.15) is 0 Å². The van der Waals surface area contributed by atoms with Crippen LogP contribution in [0.3, 0.4) is 0 Å². The van der Waals surface area contributed by atoms with E-state index in [4.69, 9.17) is 0 Å². The Labute approximate surface area is 120 Å². The van der Waals surface area contributed by atoms with Crippen LogP contribution in [0.1, 0.15) is 54.2 Å². The van der Waals surface area contributed by atoms with Crippen molar-refractivity contribution in [3.8, 4) is 0 Å². The van der Waals surface area contributed by atoms with Crippen LogP contribution in [0.2, 0.25) is 0 Å². The van der Waals surface area contributed by atoms with E-state index in [1.807, 2.05) is 19.2 Å². The molecular formula is C16H23FN2O. The summed E-state index contributed by atoms with van der Waals surface area (Å²) >= 11 is 0. The minimum absolute atomic E-state index is 0.0921. The molecule has 0 saturated heterocycles. The predicted octanol–water partition coefficient (Wildman–Crippen LogP) is 2.98. The lowest BCUT2D eigenvalue weighted by atomic mass is 9.90. The highest BCUT2D eigenvalue weighted by Crippen LogP contribution is 2.33. The third-order valence-corrected chi connectivity index (χ3v) is 3.68. The number of alkyl halides is 1. The van der Waals surface area contributed by atoms with Gasteiger partial charge in [0.05, 0.1) is 0 Å². The fourth-order valence-corrected chi connectivity index (χ4v) is 2.78. The van der Waals surface area contributed by atoms with Crippen molar-refractivity contribution >= 4 is 5.91 Å². The van der Waals surface area contributed by atoms with E-state index < -0.39 is 5.67 Å². The Morgan fingerprint density at radius 2 is 2.10 bits per heavy atom. The summed E-state index contributed by atoms with van der Waals surface area (Å²) in [6.07, 6.45) is 1.07. The van der Waals surface area contributed by atoms with Gasteiger partial charge in [0.25, 0.3) is 5.91 Å². The first-order chi connectivity index (χ1) is 9.32. The van der Waals surface area contributed by atoms with Gasteiger partial charge < -0.3 is 10.2 Å². The van der Waals surface area contributed by atoms with Crippen molar-refractivity contribution in [1.29, 1.82) is 0 Å². The first kappa shape index (κ1) is 15.0. The quantitative estimate of drug-likeness (QED) is 0.898. The summed E-state index contributed by atoms with van der Waals surface area (Å²) in [4.78, 5) is 14.0. The Balaban J connectivity index is 2.40. The maximum atomic E-state index is 14.4. The number of halogens is 1. The summed E-state index contributed by atoms with van der Waals surface area (Å²) < 4.78 is 14.4. The molecule has 0 spiro atoms. The van der Waals surface area contributed by atoms with Crippen molar-refractivity contribution in [2.75, 3.05) is 13.6 Å². The van der Waals surface area contributed by atoms with E-state index in [2.05, 4.69) is 17.1 Å². The molecule has 0 aromatic heterocycles. The van der Waals surface area contributed by atoms with Gasteiger partial charge in [0.15, 0.2) is 0 Å². The second-order valence-electron chi connectivity index (χ2n) is 6.06. The first-order valence-corrected chi connectivity index (χ1v) is 7.15. The molecule has 0 aliphatic carbocycles. The number of amides is 1. The summed E-state index contributed by atoms with van der Waals surface area (Å²) in [7, 11) is 2.04. The monoisotopic (exact) mass is 278 g/mol. The van der Waals surface area contributed by atoms with Gasteiger partial charge in [-0.25, -0.2) is 4.39 Å². The van der Waals surface area contributed by atoms with Gasteiger partial charge in [-0.05, 0) is 56.6 Å². The number of rotatable bonds is 5. The van der Waals surface area contributed by atoms with Crippen molar-refractivity contribution in [3.05, 3.63) is 34.4 Å². The Morgan fingerprint density at radius 3 is 2.70 bits per heavy atom. The summed E-state index contributed by atoms with van der Waals surface area (Å²) in [5.74, 6) is -0.0921. The molecule has 110 valence electrons. The SMILES string of the molecule is CCCN(C)Cc1cc2c(c(C(C)(C)F)c1)CNC2=O. The molecule has 0 fully saturated rings. The van der Waals surface area contributed by atoms with Crippen LogP contribution in [0.25, 0.3) is 0 Å². The molecule has 20 heavy (non-hydrogen) atoms. The number of nitrogens with one attached hydrogen (secondary N) is 1. The van der Waals surface area contributed by atoms with E-state index in [-0.39, 0.29) is 5.91 Å². The van der Waals surface area contributed by atoms with Crippen LogP contribution in [0.4, 0.5) is 4.39 Å². The zero-order valence-electron chi connectivity index (χ0n) is 12.7. The Hall–Kier alpha value is -1.42. The summed E-state index contributed by atoms with van der Waals surface area (Å²) in [6, 6.07) is 3.81. The lowest BCUT2D eigenvalue weighted by Gasteiger charge is -2.21. The van der Waals surface area contributed by atoms with E-state index in [0.29, 0.717) is 17.7 Å². The molecule has 0 unspecified atom stereocenters. The van der Waals surface area contributed by atoms with E-state index in [0.717, 1.165) is 30.6 Å². The number of nitrogens with zero attached hydrogens (tertiary/aromatic N) is 1. The zero-order valence-corrected chi connectivity index (χ0v) is 12.7. The molecule has 2 rings (SSSR count). The van der Waals surface area contributed by atoms with Gasteiger partial charge >= 0.3 is 0 Å². The van der Waals surface area contributed by atoms with Gasteiger partial charge in [0.1, 0.15) is 5.67 Å². The highest BCUT2D eigenvalue weighted by atomic mass is 19.1. The highest BCUT2D eigenvalue weighted by molar-refractivity contribution is 5.99. The van der Waals surface area contributed by atoms with Crippen LogP contribution >= 0.6 is 0 Å². The molecule has 1 N–H and O–H groups in total. The number of hydrogen-bond acceptors (Lipinski definition) is 2. The average Bonchev–Trinajstić information content (AvgIpc) is 2.69. The molecule has 1 aliphatic heterocycles. The maximum absolute atomic E-state index is 14.4. The van der Waals surface area contributed by atoms with Crippen molar-refractivity contribution < 1.29 is 9.18 Å². The Kier molecular flexibility index (Phi) is 4.14. The fraction of sp³-hybridized carbons (Fsp3) is 0.562. The number of fused-ring (bicyclic) bond motifs is 1. The molecule has 4 heteroatoms. The number of carbonyl (C=O) groups excluding carboxylic acids is 1. The number of carbonyl (C=O) groups is 1. The second-order valence-corrected chi connectivity index (χ2v) is 6.06. The molecule has 3 nitrogen and oxygen atoms in total. The lowest BCUT2D eigenvalue weighted by Crippen LogP contribution is -2.20. The van der Waals surface area contributed by atoms with Crippen LogP contribution in [-0.4, -0.2) is 24.4 Å². The minimum atomic E-state index is -1.43. The molecule has 0 radical (unpaired) electrons. The van der Waals surface area contributed by atoms with E-state index in [9.17, 15) is 9.18 Å². The maximum Gasteiger partial charge on any atom is 0.251 e. The van der Waals surface area contributed by atoms with Gasteiger partial charge in [-0.3, -0.25) is 4.79 Å². The minimum Gasteiger partial charge on any atom is -0.348 e. The zero-order chi connectivity index (χ0) is 14.9. The van der Waals surface area contributed by atoms with Crippen LogP contribution in [0, 0.1) is 0 Å². The van der Waals surface area contributed by atoms with Gasteiger partial charge in [0, 0.05) is 18.7 Å². The largest absolute Gasteiger partial charge is 0.348 e. The topological polar surface area (TPSA) is 32.3 Å². The number of benzene rings is 1. The molecule has 1 amide bonds. The summed E-state index contributed by atoms with van der Waals surface area (Å²) in [5.41, 5.74) is 1.64. The van der Waals surface area contributed by atoms with E-state index in [1.54, 1.807) is 13.8 Å². The van der Waals surface area contributed by atoms with Crippen LogP contribution in [0.15, 0.2) is 12.1 Å². The molecule has 1 heterocycles. The predicted molar refractivity (Wildman–Crippen MR) is 78.4 cm³/mol. The average molecular weight is 278 g/mol. The van der Waals surface area contributed by atoms with Gasteiger partial charge in [0.2, 0.25) is 0 Å². The molecule has 0 atom stereocenters. The van der Waals surface area contributed by atoms with Crippen molar-refractivity contribution in [2.24, 2.45) is 0 Å². The van der Waals surface area contributed by atoms with Crippen molar-refractivity contribution in [3.63, 3.8) is 0 Å². The van der Waals surface area contributed by atoms with Gasteiger partial charge in [-0.15, -0.1) is 0 Å². The smallest absolute Gasteiger partial charge is 0.251 e. The molecule has 0 saturated carbocycles. The Bertz CT molecular complexity index is 520. The molecule has 1 aliphatic rings. The normalized spacial score (nSPS) is 14.6. The van der Waals surface area contributed by atoms with Crippen molar-refractivity contribution in [1.82, 2.24) is 10.2 Å². The molecule has 1 aromatic carbocycles. The van der Waals surface area contributed by atoms with E-state index in [1.165, 1.54) is 0 Å². The third kappa shape index (κ3) is 3.01. The number of hydrogen-bond donors (Lipinski definition) is 1. The standard InChI is InChI=1S/C16H23FN2O/c1-5-6-19(4)10-11-7-12-13(9-18-15(12)20)14(8-11)16(2,3)17/h7-8H,5-6,9-10H2,1-4H3,(H,18,20). The fourth-order valence-electron chi connectivity index (χ4n) is 2.78. The Morgan fingerprint density at radius 1 is 1.40 bits per heavy atom. The first-order valence-electron chi connectivity index (χ1n) is 7.15. The molecule has 0 bridgehead atoms.